The number of methoxy groups -OCH3 is 2. The van der Waals surface area contributed by atoms with E-state index >= 15 is 0 Å². The van der Waals surface area contributed by atoms with Crippen LogP contribution >= 0.6 is 0 Å². The van der Waals surface area contributed by atoms with Crippen molar-refractivity contribution in [3.05, 3.63) is 58.5 Å². The average Bonchev–Trinajstić information content (AvgIpc) is 2.91. The lowest BCUT2D eigenvalue weighted by Crippen LogP contribution is -2.39. The van der Waals surface area contributed by atoms with E-state index in [0.29, 0.717) is 12.0 Å². The minimum Gasteiger partial charge on any atom is -0.459 e. The molecule has 1 aliphatic carbocycles. The van der Waals surface area contributed by atoms with Gasteiger partial charge in [-0.1, -0.05) is 38.2 Å². The summed E-state index contributed by atoms with van der Waals surface area (Å²) >= 11 is 0. The molecule has 230 valence electrons. The van der Waals surface area contributed by atoms with Crippen molar-refractivity contribution in [1.82, 2.24) is 5.32 Å². The lowest BCUT2D eigenvalue weighted by Gasteiger charge is -2.32. The largest absolute Gasteiger partial charge is 0.459 e. The molecule has 1 aliphatic heterocycles. The second-order valence-corrected chi connectivity index (χ2v) is 10.6. The zero-order valence-electron chi connectivity index (χ0n) is 25.1. The molecule has 0 unspecified atom stereocenters. The molecule has 0 fully saturated rings. The number of allylic oxidation sites excluding steroid dienone is 4. The molecule has 5 N–H and O–H groups in total. The Kier molecular flexibility index (Phi) is 12.4. The van der Waals surface area contributed by atoms with Crippen LogP contribution in [0.4, 0.5) is 4.79 Å². The SMILES string of the molecule is CO[C@H]1/C=C\C=C(/C)C(=O)NC2=CC(=O)C(N)=C(C[C@@H](C)C[C@H](OC)[C@@H](OC(C)=O)[C@@H](C)/C=C(\C)[C@@H]1OC(N)=O)C2=O. The number of hydrogen-bond acceptors (Lipinski definition) is 10. The van der Waals surface area contributed by atoms with Gasteiger partial charge in [0.05, 0.1) is 17.5 Å². The summed E-state index contributed by atoms with van der Waals surface area (Å²) in [6, 6.07) is 0. The van der Waals surface area contributed by atoms with Gasteiger partial charge in [-0.25, -0.2) is 4.79 Å². The Morgan fingerprint density at radius 1 is 1.05 bits per heavy atom. The highest BCUT2D eigenvalue weighted by atomic mass is 16.6. The number of esters is 1. The first-order valence-corrected chi connectivity index (χ1v) is 13.5. The maximum atomic E-state index is 13.3. The van der Waals surface area contributed by atoms with E-state index in [-0.39, 0.29) is 34.9 Å². The molecule has 0 radical (unpaired) electrons. The third kappa shape index (κ3) is 8.98. The molecule has 2 aliphatic rings. The van der Waals surface area contributed by atoms with Gasteiger partial charge in [-0.2, -0.15) is 0 Å². The molecule has 12 nitrogen and oxygen atoms in total. The van der Waals surface area contributed by atoms with Gasteiger partial charge in [0.2, 0.25) is 11.6 Å². The summed E-state index contributed by atoms with van der Waals surface area (Å²) in [4.78, 5) is 62.7. The molecule has 42 heavy (non-hydrogen) atoms. The van der Waals surface area contributed by atoms with E-state index in [9.17, 15) is 24.0 Å². The Hall–Kier alpha value is -4.03. The van der Waals surface area contributed by atoms with Gasteiger partial charge in [0, 0.05) is 44.3 Å². The molecule has 12 heteroatoms. The van der Waals surface area contributed by atoms with Crippen molar-refractivity contribution in [2.45, 2.75) is 71.9 Å². The van der Waals surface area contributed by atoms with Crippen molar-refractivity contribution in [2.24, 2.45) is 23.3 Å². The van der Waals surface area contributed by atoms with Crippen LogP contribution in [-0.2, 0) is 38.1 Å². The lowest BCUT2D eigenvalue weighted by atomic mass is 9.85. The van der Waals surface area contributed by atoms with Crippen molar-refractivity contribution in [2.75, 3.05) is 14.2 Å². The van der Waals surface area contributed by atoms with Crippen LogP contribution in [0.1, 0.15) is 47.5 Å². The van der Waals surface area contributed by atoms with Crippen LogP contribution in [0.2, 0.25) is 0 Å². The third-order valence-corrected chi connectivity index (χ3v) is 7.10. The van der Waals surface area contributed by atoms with E-state index in [4.69, 9.17) is 30.4 Å². The van der Waals surface area contributed by atoms with Gasteiger partial charge in [0.25, 0.3) is 5.91 Å². The van der Waals surface area contributed by atoms with Crippen molar-refractivity contribution < 1.29 is 42.9 Å². The maximum absolute atomic E-state index is 13.3. The molecule has 0 aromatic rings. The molecule has 1 heterocycles. The highest BCUT2D eigenvalue weighted by Crippen LogP contribution is 2.29. The molecule has 0 spiro atoms. The van der Waals surface area contributed by atoms with Crippen molar-refractivity contribution >= 4 is 29.5 Å². The van der Waals surface area contributed by atoms with Gasteiger partial charge in [-0.3, -0.25) is 19.2 Å². The zero-order chi connectivity index (χ0) is 31.7. The summed E-state index contributed by atoms with van der Waals surface area (Å²) in [5.41, 5.74) is 11.9. The van der Waals surface area contributed by atoms with Gasteiger partial charge >= 0.3 is 12.1 Å². The lowest BCUT2D eigenvalue weighted by molar-refractivity contribution is -0.157. The maximum Gasteiger partial charge on any atom is 0.405 e. The Balaban J connectivity index is 2.67. The summed E-state index contributed by atoms with van der Waals surface area (Å²) in [6.45, 7) is 8.20. The monoisotopic (exact) mass is 587 g/mol. The number of ether oxygens (including phenoxy) is 4. The second-order valence-electron chi connectivity index (χ2n) is 10.6. The fourth-order valence-corrected chi connectivity index (χ4v) is 4.97. The molecule has 0 aromatic heterocycles. The Morgan fingerprint density at radius 2 is 1.71 bits per heavy atom. The Bertz CT molecular complexity index is 1240. The topological polar surface area (TPSA) is 186 Å². The molecule has 6 atom stereocenters. The molecule has 2 rings (SSSR count). The van der Waals surface area contributed by atoms with Crippen molar-refractivity contribution in [3.63, 3.8) is 0 Å². The summed E-state index contributed by atoms with van der Waals surface area (Å²) in [5, 5.41) is 2.50. The Morgan fingerprint density at radius 3 is 2.29 bits per heavy atom. The number of primary amides is 1. The number of ketones is 2. The highest BCUT2D eigenvalue weighted by Gasteiger charge is 2.34. The minimum absolute atomic E-state index is 0.0850. The summed E-state index contributed by atoms with van der Waals surface area (Å²) in [5.74, 6) is -2.97. The predicted octanol–water partition coefficient (Wildman–Crippen LogP) is 2.29. The summed E-state index contributed by atoms with van der Waals surface area (Å²) in [6.07, 6.45) is 3.62. The minimum atomic E-state index is -1.02. The number of carbonyl (C=O) groups is 5. The van der Waals surface area contributed by atoms with E-state index in [1.165, 1.54) is 40.2 Å². The molecule has 2 amide bonds. The number of nitrogens with one attached hydrogen (secondary N) is 1. The van der Waals surface area contributed by atoms with E-state index in [0.717, 1.165) is 6.08 Å². The average molecular weight is 588 g/mol. The molecule has 0 saturated heterocycles. The number of nitrogens with two attached hydrogens (primary N) is 2. The smallest absolute Gasteiger partial charge is 0.405 e. The van der Waals surface area contributed by atoms with Crippen molar-refractivity contribution in [3.8, 4) is 0 Å². The van der Waals surface area contributed by atoms with E-state index in [1.54, 1.807) is 19.1 Å². The number of hydrogen-bond donors (Lipinski definition) is 3. The normalized spacial score (nSPS) is 31.6. The van der Waals surface area contributed by atoms with Crippen LogP contribution in [-0.4, -0.2) is 68.2 Å². The molecule has 0 saturated carbocycles. The van der Waals surface area contributed by atoms with Crippen LogP contribution in [0.15, 0.2) is 58.5 Å². The van der Waals surface area contributed by atoms with Crippen molar-refractivity contribution in [1.29, 1.82) is 0 Å². The van der Waals surface area contributed by atoms with Crippen LogP contribution in [0.25, 0.3) is 0 Å². The highest BCUT2D eigenvalue weighted by molar-refractivity contribution is 6.23. The fraction of sp³-hybridized carbons (Fsp3) is 0.500. The molecular formula is C30H41N3O9. The van der Waals surface area contributed by atoms with Gasteiger partial charge < -0.3 is 35.7 Å². The molecular weight excluding hydrogens is 546 g/mol. The Labute approximate surface area is 245 Å². The third-order valence-electron chi connectivity index (χ3n) is 7.10. The second kappa shape index (κ2) is 15.3. The first-order valence-electron chi connectivity index (χ1n) is 13.5. The van der Waals surface area contributed by atoms with Gasteiger partial charge in [0.1, 0.15) is 12.2 Å². The van der Waals surface area contributed by atoms with Gasteiger partial charge in [-0.15, -0.1) is 0 Å². The number of amides is 2. The van der Waals surface area contributed by atoms with E-state index in [2.05, 4.69) is 5.32 Å². The van der Waals surface area contributed by atoms with Crippen LogP contribution in [0, 0.1) is 11.8 Å². The summed E-state index contributed by atoms with van der Waals surface area (Å²) in [7, 11) is 2.90. The van der Waals surface area contributed by atoms with Crippen LogP contribution in [0.3, 0.4) is 0 Å². The van der Waals surface area contributed by atoms with Gasteiger partial charge in [-0.05, 0) is 38.2 Å². The predicted molar refractivity (Wildman–Crippen MR) is 153 cm³/mol. The molecule has 2 bridgehead atoms. The van der Waals surface area contributed by atoms with Crippen LogP contribution in [0.5, 0.6) is 0 Å². The number of rotatable bonds is 4. The first kappa shape index (κ1) is 34.2. The van der Waals surface area contributed by atoms with Gasteiger partial charge in [0.15, 0.2) is 6.10 Å². The van der Waals surface area contributed by atoms with E-state index in [1.807, 2.05) is 13.8 Å². The number of Topliss-reactive ketones (excluding diaryl/α,β-unsaturated/α-hetero) is 1. The summed E-state index contributed by atoms with van der Waals surface area (Å²) < 4.78 is 22.4. The number of fused-ring (bicyclic) bond motifs is 2. The fourth-order valence-electron chi connectivity index (χ4n) is 4.97. The number of carbonyl (C=O) groups excluding carboxylic acids is 5. The molecule has 0 aromatic carbocycles. The first-order chi connectivity index (χ1) is 19.7. The van der Waals surface area contributed by atoms with Crippen LogP contribution < -0.4 is 16.8 Å². The quantitative estimate of drug-likeness (QED) is 0.250. The zero-order valence-corrected chi connectivity index (χ0v) is 25.1. The standard InChI is InChI=1S/C30H41N3O9/c1-15-11-20-25(31)22(35)14-21(26(20)36)33-29(37)16(2)9-8-10-23(39-6)27(42-30(32)38)17(3)13-18(4)28(41-19(5)34)24(12-15)40-7/h8-10,13-15,18,23-24,27-28H,11-12,31H2,1-7H3,(H2,32,38)(H,33,37)/b10-8-,16-9+,17-13+/t15-,18+,23+,24+,27+,28+/m1/s1. The van der Waals surface area contributed by atoms with E-state index < -0.39 is 59.9 Å².